The van der Waals surface area contributed by atoms with Crippen LogP contribution in [0.5, 0.6) is 0 Å². The molecule has 1 heterocycles. The number of rotatable bonds is 4. The van der Waals surface area contributed by atoms with Crippen LogP contribution < -0.4 is 0 Å². The fourth-order valence-corrected chi connectivity index (χ4v) is 5.60. The van der Waals surface area contributed by atoms with Crippen molar-refractivity contribution in [2.45, 2.75) is 24.3 Å². The molecule has 1 aliphatic heterocycles. The molecule has 5 nitrogen and oxygen atoms in total. The Labute approximate surface area is 133 Å². The normalized spacial score (nSPS) is 19.1. The van der Waals surface area contributed by atoms with E-state index in [9.17, 15) is 13.2 Å². The zero-order valence-electron chi connectivity index (χ0n) is 11.7. The molecule has 8 heteroatoms. The number of hydrogen-bond acceptors (Lipinski definition) is 4. The van der Waals surface area contributed by atoms with Gasteiger partial charge in [-0.05, 0) is 36.8 Å². The van der Waals surface area contributed by atoms with Gasteiger partial charge in [0.15, 0.2) is 0 Å². The molecule has 1 aromatic rings. The van der Waals surface area contributed by atoms with Crippen molar-refractivity contribution >= 4 is 39.4 Å². The average Bonchev–Trinajstić information content (AvgIpc) is 2.93. The van der Waals surface area contributed by atoms with Gasteiger partial charge in [0.2, 0.25) is 10.0 Å². The maximum absolute atomic E-state index is 12.7. The molecule has 1 N–H and O–H groups in total. The molecular weight excluding hydrogens is 334 g/mol. The molecule has 0 spiro atoms. The molecule has 21 heavy (non-hydrogen) atoms. The summed E-state index contributed by atoms with van der Waals surface area (Å²) in [6.07, 6.45) is 0.797. The van der Waals surface area contributed by atoms with E-state index < -0.39 is 16.0 Å². The molecule has 116 valence electrons. The Morgan fingerprint density at radius 1 is 1.48 bits per heavy atom. The summed E-state index contributed by atoms with van der Waals surface area (Å²) < 4.78 is 26.8. The highest BCUT2D eigenvalue weighted by molar-refractivity contribution is 7.99. The van der Waals surface area contributed by atoms with Crippen LogP contribution in [-0.2, 0) is 10.0 Å². The van der Waals surface area contributed by atoms with Crippen molar-refractivity contribution in [3.63, 3.8) is 0 Å². The van der Waals surface area contributed by atoms with Crippen molar-refractivity contribution < 1.29 is 18.3 Å². The topological polar surface area (TPSA) is 74.7 Å². The number of carbonyl (C=O) groups is 1. The molecule has 0 aromatic heterocycles. The molecule has 1 fully saturated rings. The summed E-state index contributed by atoms with van der Waals surface area (Å²) >= 11 is 7.60. The van der Waals surface area contributed by atoms with Gasteiger partial charge in [-0.25, -0.2) is 13.2 Å². The van der Waals surface area contributed by atoms with Gasteiger partial charge in [-0.3, -0.25) is 0 Å². The predicted molar refractivity (Wildman–Crippen MR) is 83.8 cm³/mol. The summed E-state index contributed by atoms with van der Waals surface area (Å²) in [4.78, 5) is 11.2. The molecule has 1 atom stereocenters. The van der Waals surface area contributed by atoms with Gasteiger partial charge in [-0.15, -0.1) is 0 Å². The Bertz CT molecular complexity index is 669. The Kier molecular flexibility index (Phi) is 4.87. The number of carboxylic acid groups (broad SMARTS) is 1. The van der Waals surface area contributed by atoms with Gasteiger partial charge in [-0.2, -0.15) is 16.1 Å². The Balaban J connectivity index is 2.51. The third kappa shape index (κ3) is 3.21. The van der Waals surface area contributed by atoms with Crippen LogP contribution in [0.3, 0.4) is 0 Å². The van der Waals surface area contributed by atoms with Crippen LogP contribution in [-0.4, -0.2) is 48.4 Å². The van der Waals surface area contributed by atoms with Crippen LogP contribution in [0, 0.1) is 6.92 Å². The number of nitrogens with zero attached hydrogens (tertiary/aromatic N) is 1. The van der Waals surface area contributed by atoms with Gasteiger partial charge in [-0.1, -0.05) is 11.6 Å². The number of halogens is 1. The molecule has 1 saturated heterocycles. The number of carboxylic acids is 1. The minimum absolute atomic E-state index is 0.0354. The zero-order valence-corrected chi connectivity index (χ0v) is 14.1. The lowest BCUT2D eigenvalue weighted by molar-refractivity contribution is 0.0696. The summed E-state index contributed by atoms with van der Waals surface area (Å²) in [5.41, 5.74) is 0.125. The molecule has 0 radical (unpaired) electrons. The lowest BCUT2D eigenvalue weighted by Crippen LogP contribution is -2.37. The first-order valence-electron chi connectivity index (χ1n) is 6.34. The lowest BCUT2D eigenvalue weighted by Gasteiger charge is -2.24. The third-order valence-electron chi connectivity index (χ3n) is 3.63. The maximum Gasteiger partial charge on any atom is 0.336 e. The fraction of sp³-hybridized carbons (Fsp3) is 0.462. The Hall–Kier alpha value is -0.760. The van der Waals surface area contributed by atoms with Gasteiger partial charge in [0.05, 0.1) is 10.5 Å². The van der Waals surface area contributed by atoms with Crippen molar-refractivity contribution in [2.75, 3.05) is 18.6 Å². The van der Waals surface area contributed by atoms with Crippen LogP contribution in [0.25, 0.3) is 0 Å². The number of hydrogen-bond donors (Lipinski definition) is 1. The number of aromatic carboxylic acids is 1. The Morgan fingerprint density at radius 3 is 2.67 bits per heavy atom. The monoisotopic (exact) mass is 349 g/mol. The molecule has 1 aromatic carbocycles. The van der Waals surface area contributed by atoms with Gasteiger partial charge >= 0.3 is 5.97 Å². The van der Waals surface area contributed by atoms with E-state index in [1.165, 1.54) is 30.4 Å². The molecule has 0 aliphatic carbocycles. The smallest absolute Gasteiger partial charge is 0.336 e. The highest BCUT2D eigenvalue weighted by Gasteiger charge is 2.32. The highest BCUT2D eigenvalue weighted by atomic mass is 35.5. The molecule has 2 rings (SSSR count). The fourth-order valence-electron chi connectivity index (χ4n) is 2.30. The van der Waals surface area contributed by atoms with Crippen LogP contribution >= 0.6 is 23.4 Å². The van der Waals surface area contributed by atoms with E-state index in [0.29, 0.717) is 0 Å². The summed E-state index contributed by atoms with van der Waals surface area (Å²) in [6, 6.07) is 2.52. The standard InChI is InChI=1S/C13H16ClNO4S2/c1-8-11(13(16)17)5-9(14)6-12(8)21(18,19)15(2)10-3-4-20-7-10/h5-6,10H,3-4,7H2,1-2H3,(H,16,17). The second-order valence-corrected chi connectivity index (χ2v) is 8.47. The molecule has 1 unspecified atom stereocenters. The first-order valence-corrected chi connectivity index (χ1v) is 9.31. The maximum atomic E-state index is 12.7. The molecule has 0 amide bonds. The highest BCUT2D eigenvalue weighted by Crippen LogP contribution is 2.30. The summed E-state index contributed by atoms with van der Waals surface area (Å²) in [5, 5.41) is 9.26. The zero-order chi connectivity index (χ0) is 15.8. The second-order valence-electron chi connectivity index (χ2n) is 4.92. The molecule has 0 saturated carbocycles. The van der Waals surface area contributed by atoms with Gasteiger partial charge in [0.25, 0.3) is 0 Å². The number of benzene rings is 1. The van der Waals surface area contributed by atoms with Crippen molar-refractivity contribution in [2.24, 2.45) is 0 Å². The van der Waals surface area contributed by atoms with Crippen LogP contribution in [0.1, 0.15) is 22.3 Å². The summed E-state index contributed by atoms with van der Waals surface area (Å²) in [7, 11) is -2.22. The summed E-state index contributed by atoms with van der Waals surface area (Å²) in [5.74, 6) is 0.492. The van der Waals surface area contributed by atoms with E-state index >= 15 is 0 Å². The molecular formula is C13H16ClNO4S2. The van der Waals surface area contributed by atoms with E-state index in [2.05, 4.69) is 0 Å². The average molecular weight is 350 g/mol. The van der Waals surface area contributed by atoms with Crippen LogP contribution in [0.15, 0.2) is 17.0 Å². The largest absolute Gasteiger partial charge is 0.478 e. The predicted octanol–water partition coefficient (Wildman–Crippen LogP) is 2.47. The van der Waals surface area contributed by atoms with Crippen molar-refractivity contribution in [1.82, 2.24) is 4.31 Å². The van der Waals surface area contributed by atoms with E-state index in [1.807, 2.05) is 0 Å². The van der Waals surface area contributed by atoms with Gasteiger partial charge in [0.1, 0.15) is 0 Å². The van der Waals surface area contributed by atoms with E-state index in [0.717, 1.165) is 17.9 Å². The molecule has 0 bridgehead atoms. The molecule has 1 aliphatic rings. The van der Waals surface area contributed by atoms with E-state index in [1.54, 1.807) is 11.8 Å². The van der Waals surface area contributed by atoms with Crippen molar-refractivity contribution in [3.05, 3.63) is 28.3 Å². The van der Waals surface area contributed by atoms with Crippen molar-refractivity contribution in [3.8, 4) is 0 Å². The third-order valence-corrected chi connectivity index (χ3v) is 7.03. The summed E-state index contributed by atoms with van der Waals surface area (Å²) in [6.45, 7) is 1.49. The number of sulfonamides is 1. The van der Waals surface area contributed by atoms with E-state index in [4.69, 9.17) is 16.7 Å². The van der Waals surface area contributed by atoms with Crippen molar-refractivity contribution in [1.29, 1.82) is 0 Å². The minimum atomic E-state index is -3.76. The number of thioether (sulfide) groups is 1. The second kappa shape index (κ2) is 6.16. The minimum Gasteiger partial charge on any atom is -0.478 e. The first kappa shape index (κ1) is 16.6. The Morgan fingerprint density at radius 2 is 2.14 bits per heavy atom. The van der Waals surface area contributed by atoms with Crippen LogP contribution in [0.4, 0.5) is 0 Å². The van der Waals surface area contributed by atoms with Crippen LogP contribution in [0.2, 0.25) is 5.02 Å². The van der Waals surface area contributed by atoms with Gasteiger partial charge < -0.3 is 5.11 Å². The quantitative estimate of drug-likeness (QED) is 0.903. The van der Waals surface area contributed by atoms with Gasteiger partial charge in [0, 0.05) is 23.9 Å². The lowest BCUT2D eigenvalue weighted by atomic mass is 10.1. The SMILES string of the molecule is Cc1c(C(=O)O)cc(Cl)cc1S(=O)(=O)N(C)C1CCSC1. The first-order chi connectivity index (χ1) is 9.75. The van der Waals surface area contributed by atoms with E-state index in [-0.39, 0.29) is 27.1 Å².